The summed E-state index contributed by atoms with van der Waals surface area (Å²) in [6.45, 7) is 0. The van der Waals surface area contributed by atoms with Gasteiger partial charge in [0.1, 0.15) is 29.0 Å². The van der Waals surface area contributed by atoms with Crippen LogP contribution in [0, 0.1) is 23.3 Å². The lowest BCUT2D eigenvalue weighted by Crippen LogP contribution is -2.22. The van der Waals surface area contributed by atoms with Gasteiger partial charge in [-0.3, -0.25) is 0 Å². The van der Waals surface area contributed by atoms with Crippen molar-refractivity contribution in [2.75, 3.05) is 14.2 Å². The average molecular weight is 299 g/mol. The molecule has 21 heavy (non-hydrogen) atoms. The summed E-state index contributed by atoms with van der Waals surface area (Å²) in [4.78, 5) is 0. The number of rotatable bonds is 4. The molecular weight excluding hydrogens is 286 g/mol. The van der Waals surface area contributed by atoms with Crippen molar-refractivity contribution >= 4 is 0 Å². The van der Waals surface area contributed by atoms with Crippen LogP contribution in [0.3, 0.4) is 0 Å². The van der Waals surface area contributed by atoms with E-state index in [1.165, 1.54) is 26.3 Å². The number of methoxy groups -OCH3 is 1. The molecule has 0 heterocycles. The Morgan fingerprint density at radius 3 is 2.10 bits per heavy atom. The Labute approximate surface area is 119 Å². The minimum absolute atomic E-state index is 0.0492. The van der Waals surface area contributed by atoms with Gasteiger partial charge in [-0.1, -0.05) is 6.07 Å². The maximum atomic E-state index is 14.1. The fourth-order valence-corrected chi connectivity index (χ4v) is 2.24. The monoisotopic (exact) mass is 299 g/mol. The van der Waals surface area contributed by atoms with Gasteiger partial charge >= 0.3 is 0 Å². The lowest BCUT2D eigenvalue weighted by atomic mass is 9.96. The number of benzene rings is 2. The molecule has 1 unspecified atom stereocenters. The van der Waals surface area contributed by atoms with Crippen LogP contribution in [0.15, 0.2) is 30.3 Å². The van der Waals surface area contributed by atoms with E-state index in [0.717, 1.165) is 6.07 Å². The normalized spacial score (nSPS) is 12.3. The molecule has 0 radical (unpaired) electrons. The summed E-state index contributed by atoms with van der Waals surface area (Å²) in [7, 11) is 2.74. The van der Waals surface area contributed by atoms with E-state index in [0.29, 0.717) is 12.1 Å². The zero-order valence-corrected chi connectivity index (χ0v) is 11.4. The number of hydrogen-bond donors (Lipinski definition) is 1. The molecule has 0 aliphatic rings. The van der Waals surface area contributed by atoms with Crippen molar-refractivity contribution in [1.29, 1.82) is 0 Å². The molecule has 1 atom stereocenters. The van der Waals surface area contributed by atoms with E-state index in [-0.39, 0.29) is 11.3 Å². The predicted octanol–water partition coefficient (Wildman–Crippen LogP) is 3.56. The van der Waals surface area contributed by atoms with E-state index >= 15 is 0 Å². The molecule has 112 valence electrons. The molecule has 2 aromatic rings. The van der Waals surface area contributed by atoms with Crippen LogP contribution in [-0.2, 0) is 0 Å². The van der Waals surface area contributed by atoms with Gasteiger partial charge in [0.2, 0.25) is 0 Å². The zero-order valence-electron chi connectivity index (χ0n) is 11.4. The number of halogens is 4. The Balaban J connectivity index is 2.66. The molecule has 0 aliphatic heterocycles. The molecule has 0 bridgehead atoms. The molecular formula is C15H13F4NO. The molecule has 0 aromatic heterocycles. The van der Waals surface area contributed by atoms with Gasteiger partial charge in [0.05, 0.1) is 18.7 Å². The molecule has 0 aliphatic carbocycles. The summed E-state index contributed by atoms with van der Waals surface area (Å²) in [6, 6.07) is 4.00. The lowest BCUT2D eigenvalue weighted by Gasteiger charge is -2.21. The smallest absolute Gasteiger partial charge is 0.134 e. The third-order valence-electron chi connectivity index (χ3n) is 3.14. The first-order chi connectivity index (χ1) is 9.99. The third kappa shape index (κ3) is 2.85. The van der Waals surface area contributed by atoms with Crippen molar-refractivity contribution in [3.63, 3.8) is 0 Å². The van der Waals surface area contributed by atoms with Crippen molar-refractivity contribution in [2.45, 2.75) is 6.04 Å². The molecule has 0 spiro atoms. The summed E-state index contributed by atoms with van der Waals surface area (Å²) in [5.74, 6) is -3.78. The summed E-state index contributed by atoms with van der Waals surface area (Å²) in [6.07, 6.45) is 0. The summed E-state index contributed by atoms with van der Waals surface area (Å²) in [5.41, 5.74) is -0.519. The first-order valence-electron chi connectivity index (χ1n) is 6.13. The minimum atomic E-state index is -1.15. The summed E-state index contributed by atoms with van der Waals surface area (Å²) < 4.78 is 59.9. The number of ether oxygens (including phenoxy) is 1. The first kappa shape index (κ1) is 15.3. The van der Waals surface area contributed by atoms with Gasteiger partial charge in [0.25, 0.3) is 0 Å². The van der Waals surface area contributed by atoms with Crippen molar-refractivity contribution in [3.8, 4) is 5.75 Å². The minimum Gasteiger partial charge on any atom is -0.496 e. The van der Waals surface area contributed by atoms with Crippen LogP contribution in [0.5, 0.6) is 5.75 Å². The van der Waals surface area contributed by atoms with E-state index < -0.39 is 34.9 Å². The van der Waals surface area contributed by atoms with Crippen molar-refractivity contribution in [2.24, 2.45) is 0 Å². The van der Waals surface area contributed by atoms with E-state index in [1.807, 2.05) is 0 Å². The quantitative estimate of drug-likeness (QED) is 0.872. The Kier molecular flexibility index (Phi) is 4.47. The summed E-state index contributed by atoms with van der Waals surface area (Å²) in [5, 5.41) is 2.63. The standard InChI is InChI=1S/C15H13F4NO/c1-20-15(13-10(18)6-8(16)7-11(13)19)14-9(17)4-3-5-12(14)21-2/h3-7,15,20H,1-2H3. The Bertz CT molecular complexity index is 637. The molecule has 2 nitrogen and oxygen atoms in total. The molecule has 2 rings (SSSR count). The van der Waals surface area contributed by atoms with Gasteiger partial charge in [-0.25, -0.2) is 17.6 Å². The van der Waals surface area contributed by atoms with E-state index in [2.05, 4.69) is 5.32 Å². The van der Waals surface area contributed by atoms with Crippen molar-refractivity contribution < 1.29 is 22.3 Å². The highest BCUT2D eigenvalue weighted by atomic mass is 19.1. The Morgan fingerprint density at radius 1 is 0.952 bits per heavy atom. The zero-order chi connectivity index (χ0) is 15.6. The van der Waals surface area contributed by atoms with Gasteiger partial charge in [-0.15, -0.1) is 0 Å². The van der Waals surface area contributed by atoms with Gasteiger partial charge in [0, 0.05) is 17.7 Å². The van der Waals surface area contributed by atoms with Gasteiger partial charge in [-0.05, 0) is 19.2 Å². The van der Waals surface area contributed by atoms with Crippen LogP contribution in [0.1, 0.15) is 17.2 Å². The third-order valence-corrected chi connectivity index (χ3v) is 3.14. The van der Waals surface area contributed by atoms with Crippen LogP contribution in [0.4, 0.5) is 17.6 Å². The highest BCUT2D eigenvalue weighted by molar-refractivity contribution is 5.43. The molecule has 0 fully saturated rings. The number of nitrogens with one attached hydrogen (secondary N) is 1. The van der Waals surface area contributed by atoms with Crippen molar-refractivity contribution in [3.05, 3.63) is 64.7 Å². The van der Waals surface area contributed by atoms with Crippen LogP contribution >= 0.6 is 0 Å². The Morgan fingerprint density at radius 2 is 1.57 bits per heavy atom. The second kappa shape index (κ2) is 6.13. The second-order valence-corrected chi connectivity index (χ2v) is 4.36. The topological polar surface area (TPSA) is 21.3 Å². The fourth-order valence-electron chi connectivity index (χ4n) is 2.24. The maximum absolute atomic E-state index is 14.1. The molecule has 0 saturated heterocycles. The maximum Gasteiger partial charge on any atom is 0.134 e. The van der Waals surface area contributed by atoms with Crippen LogP contribution < -0.4 is 10.1 Å². The van der Waals surface area contributed by atoms with Crippen molar-refractivity contribution in [1.82, 2.24) is 5.32 Å². The number of hydrogen-bond acceptors (Lipinski definition) is 2. The van der Waals surface area contributed by atoms with Gasteiger partial charge < -0.3 is 10.1 Å². The highest BCUT2D eigenvalue weighted by Crippen LogP contribution is 2.34. The average Bonchev–Trinajstić information content (AvgIpc) is 2.43. The van der Waals surface area contributed by atoms with Crippen LogP contribution in [-0.4, -0.2) is 14.2 Å². The van der Waals surface area contributed by atoms with Gasteiger partial charge in [0.15, 0.2) is 0 Å². The Hall–Kier alpha value is -2.08. The largest absolute Gasteiger partial charge is 0.496 e. The lowest BCUT2D eigenvalue weighted by molar-refractivity contribution is 0.395. The fraction of sp³-hybridized carbons (Fsp3) is 0.200. The predicted molar refractivity (Wildman–Crippen MR) is 70.2 cm³/mol. The SMILES string of the molecule is CNC(c1c(F)cc(F)cc1F)c1c(F)cccc1OC. The van der Waals surface area contributed by atoms with Gasteiger partial charge in [-0.2, -0.15) is 0 Å². The van der Waals surface area contributed by atoms with Crippen LogP contribution in [0.2, 0.25) is 0 Å². The van der Waals surface area contributed by atoms with E-state index in [4.69, 9.17) is 4.74 Å². The second-order valence-electron chi connectivity index (χ2n) is 4.36. The van der Waals surface area contributed by atoms with E-state index in [1.54, 1.807) is 0 Å². The molecule has 2 aromatic carbocycles. The molecule has 0 saturated carbocycles. The van der Waals surface area contributed by atoms with E-state index in [9.17, 15) is 17.6 Å². The summed E-state index contributed by atoms with van der Waals surface area (Å²) >= 11 is 0. The molecule has 6 heteroatoms. The highest BCUT2D eigenvalue weighted by Gasteiger charge is 2.27. The van der Waals surface area contributed by atoms with Crippen LogP contribution in [0.25, 0.3) is 0 Å². The molecule has 1 N–H and O–H groups in total. The molecule has 0 amide bonds. The first-order valence-corrected chi connectivity index (χ1v) is 6.13.